The van der Waals surface area contributed by atoms with Crippen molar-refractivity contribution < 1.29 is 9.53 Å². The van der Waals surface area contributed by atoms with Gasteiger partial charge < -0.3 is 4.74 Å². The van der Waals surface area contributed by atoms with E-state index in [1.807, 2.05) is 12.1 Å². The third-order valence-electron chi connectivity index (χ3n) is 3.81. The van der Waals surface area contributed by atoms with Crippen molar-refractivity contribution in [2.75, 3.05) is 7.11 Å². The highest BCUT2D eigenvalue weighted by atomic mass is 79.9. The normalized spacial score (nSPS) is 20.5. The van der Waals surface area contributed by atoms with Crippen LogP contribution in [0.3, 0.4) is 0 Å². The van der Waals surface area contributed by atoms with E-state index in [-0.39, 0.29) is 11.9 Å². The highest BCUT2D eigenvalue weighted by molar-refractivity contribution is 9.10. The number of hydrogen-bond acceptors (Lipinski definition) is 2. The number of hydrogen-bond donors (Lipinski definition) is 0. The molecule has 2 aromatic rings. The molecule has 1 saturated carbocycles. The van der Waals surface area contributed by atoms with Gasteiger partial charge in [0, 0.05) is 4.47 Å². The molecule has 3 rings (SSSR count). The van der Waals surface area contributed by atoms with E-state index in [2.05, 4.69) is 52.3 Å². The Labute approximate surface area is 126 Å². The molecule has 0 spiro atoms. The Bertz CT molecular complexity index is 616. The molecule has 3 heteroatoms. The van der Waals surface area contributed by atoms with Gasteiger partial charge in [0.25, 0.3) is 0 Å². The molecule has 2 aromatic carbocycles. The summed E-state index contributed by atoms with van der Waals surface area (Å²) in [7, 11) is 1.45. The van der Waals surface area contributed by atoms with Crippen molar-refractivity contribution in [2.24, 2.45) is 5.92 Å². The quantitative estimate of drug-likeness (QED) is 0.780. The maximum atomic E-state index is 11.5. The van der Waals surface area contributed by atoms with Crippen LogP contribution in [0.5, 0.6) is 0 Å². The molecule has 0 saturated heterocycles. The summed E-state index contributed by atoms with van der Waals surface area (Å²) in [6.45, 7) is 0. The topological polar surface area (TPSA) is 26.3 Å². The molecule has 0 aliphatic heterocycles. The first kappa shape index (κ1) is 13.4. The number of methoxy groups -OCH3 is 1. The molecule has 1 aliphatic carbocycles. The Morgan fingerprint density at radius 1 is 1.05 bits per heavy atom. The third kappa shape index (κ3) is 2.63. The van der Waals surface area contributed by atoms with Crippen LogP contribution < -0.4 is 0 Å². The zero-order valence-electron chi connectivity index (χ0n) is 11.2. The molecule has 0 heterocycles. The second-order valence-corrected chi connectivity index (χ2v) is 6.02. The minimum absolute atomic E-state index is 0.0542. The van der Waals surface area contributed by atoms with Crippen LogP contribution in [0.1, 0.15) is 17.9 Å². The number of esters is 1. The van der Waals surface area contributed by atoms with E-state index < -0.39 is 0 Å². The lowest BCUT2D eigenvalue weighted by molar-refractivity contribution is -0.142. The predicted molar refractivity (Wildman–Crippen MR) is 82.4 cm³/mol. The van der Waals surface area contributed by atoms with Crippen molar-refractivity contribution in [3.63, 3.8) is 0 Å². The summed E-state index contributed by atoms with van der Waals surface area (Å²) in [5.74, 6) is 0.298. The lowest BCUT2D eigenvalue weighted by Gasteiger charge is -2.04. The lowest BCUT2D eigenvalue weighted by atomic mass is 10.0. The van der Waals surface area contributed by atoms with E-state index in [1.165, 1.54) is 23.8 Å². The summed E-state index contributed by atoms with van der Waals surface area (Å²) >= 11 is 3.44. The second kappa shape index (κ2) is 5.41. The summed E-state index contributed by atoms with van der Waals surface area (Å²) in [6, 6.07) is 16.7. The van der Waals surface area contributed by atoms with Gasteiger partial charge in [-0.05, 0) is 41.2 Å². The Balaban J connectivity index is 1.76. The molecule has 2 unspecified atom stereocenters. The van der Waals surface area contributed by atoms with Crippen molar-refractivity contribution in [1.29, 1.82) is 0 Å². The fourth-order valence-electron chi connectivity index (χ4n) is 2.54. The van der Waals surface area contributed by atoms with Crippen LogP contribution in [0.25, 0.3) is 11.1 Å². The van der Waals surface area contributed by atoms with Crippen molar-refractivity contribution >= 4 is 21.9 Å². The van der Waals surface area contributed by atoms with E-state index in [4.69, 9.17) is 4.74 Å². The van der Waals surface area contributed by atoms with Crippen LogP contribution in [-0.2, 0) is 9.53 Å². The molecule has 1 aliphatic rings. The minimum Gasteiger partial charge on any atom is -0.469 e. The summed E-state index contributed by atoms with van der Waals surface area (Å²) in [5.41, 5.74) is 3.61. The number of carbonyl (C=O) groups excluding carboxylic acids is 1. The smallest absolute Gasteiger partial charge is 0.309 e. The van der Waals surface area contributed by atoms with Crippen molar-refractivity contribution in [3.8, 4) is 11.1 Å². The van der Waals surface area contributed by atoms with Gasteiger partial charge in [-0.15, -0.1) is 0 Å². The number of halogens is 1. The van der Waals surface area contributed by atoms with E-state index in [9.17, 15) is 4.79 Å². The van der Waals surface area contributed by atoms with Crippen molar-refractivity contribution in [1.82, 2.24) is 0 Å². The summed E-state index contributed by atoms with van der Waals surface area (Å²) in [5, 5.41) is 0. The summed E-state index contributed by atoms with van der Waals surface area (Å²) in [6.07, 6.45) is 0.907. The van der Waals surface area contributed by atoms with Gasteiger partial charge in [0.05, 0.1) is 13.0 Å². The zero-order chi connectivity index (χ0) is 14.1. The molecule has 2 nitrogen and oxygen atoms in total. The van der Waals surface area contributed by atoms with E-state index in [0.29, 0.717) is 5.92 Å². The minimum atomic E-state index is -0.0908. The first-order valence-corrected chi connectivity index (χ1v) is 7.42. The molecular weight excluding hydrogens is 316 g/mol. The van der Waals surface area contributed by atoms with Crippen LogP contribution in [0, 0.1) is 5.92 Å². The molecular formula is C17H15BrO2. The molecule has 102 valence electrons. The van der Waals surface area contributed by atoms with Crippen molar-refractivity contribution in [3.05, 3.63) is 58.6 Å². The van der Waals surface area contributed by atoms with Gasteiger partial charge in [0.2, 0.25) is 0 Å². The number of benzene rings is 2. The van der Waals surface area contributed by atoms with Gasteiger partial charge >= 0.3 is 5.97 Å². The molecule has 2 atom stereocenters. The number of rotatable bonds is 3. The average molecular weight is 331 g/mol. The highest BCUT2D eigenvalue weighted by Crippen LogP contribution is 2.48. The van der Waals surface area contributed by atoms with Crippen LogP contribution in [0.15, 0.2) is 53.0 Å². The average Bonchev–Trinajstić information content (AvgIpc) is 3.28. The molecule has 20 heavy (non-hydrogen) atoms. The maximum Gasteiger partial charge on any atom is 0.309 e. The standard InChI is InChI=1S/C17H15BrO2/c1-20-17(19)16-10-15(16)13-4-2-11(3-5-13)12-6-8-14(18)9-7-12/h2-9,15-16H,10H2,1H3. The lowest BCUT2D eigenvalue weighted by Crippen LogP contribution is -2.03. The van der Waals surface area contributed by atoms with Gasteiger partial charge in [0.15, 0.2) is 0 Å². The number of carbonyl (C=O) groups is 1. The summed E-state index contributed by atoms with van der Waals surface area (Å²) < 4.78 is 5.87. The Morgan fingerprint density at radius 2 is 1.60 bits per heavy atom. The fourth-order valence-corrected chi connectivity index (χ4v) is 2.80. The maximum absolute atomic E-state index is 11.5. The predicted octanol–water partition coefficient (Wildman–Crippen LogP) is 4.39. The second-order valence-electron chi connectivity index (χ2n) is 5.10. The zero-order valence-corrected chi connectivity index (χ0v) is 12.8. The fraction of sp³-hybridized carbons (Fsp3) is 0.235. The Kier molecular flexibility index (Phi) is 3.62. The van der Waals surface area contributed by atoms with Gasteiger partial charge in [-0.1, -0.05) is 52.3 Å². The largest absolute Gasteiger partial charge is 0.469 e. The molecule has 0 bridgehead atoms. The van der Waals surface area contributed by atoms with Crippen LogP contribution >= 0.6 is 15.9 Å². The third-order valence-corrected chi connectivity index (χ3v) is 4.34. The Hall–Kier alpha value is -1.61. The van der Waals surface area contributed by atoms with Crippen LogP contribution in [0.2, 0.25) is 0 Å². The highest BCUT2D eigenvalue weighted by Gasteiger charge is 2.44. The van der Waals surface area contributed by atoms with Gasteiger partial charge in [-0.25, -0.2) is 0 Å². The summed E-state index contributed by atoms with van der Waals surface area (Å²) in [4.78, 5) is 11.5. The van der Waals surface area contributed by atoms with E-state index in [1.54, 1.807) is 0 Å². The molecule has 1 fully saturated rings. The first-order valence-electron chi connectivity index (χ1n) is 6.63. The van der Waals surface area contributed by atoms with Gasteiger partial charge in [-0.3, -0.25) is 4.79 Å². The van der Waals surface area contributed by atoms with Gasteiger partial charge in [0.1, 0.15) is 0 Å². The molecule has 0 radical (unpaired) electrons. The number of ether oxygens (including phenoxy) is 1. The van der Waals surface area contributed by atoms with Crippen LogP contribution in [-0.4, -0.2) is 13.1 Å². The van der Waals surface area contributed by atoms with Crippen LogP contribution in [0.4, 0.5) is 0 Å². The Morgan fingerprint density at radius 3 is 2.15 bits per heavy atom. The molecule has 0 amide bonds. The molecule has 0 aromatic heterocycles. The SMILES string of the molecule is COC(=O)C1CC1c1ccc(-c2ccc(Br)cc2)cc1. The van der Waals surface area contributed by atoms with E-state index >= 15 is 0 Å². The monoisotopic (exact) mass is 330 g/mol. The van der Waals surface area contributed by atoms with E-state index in [0.717, 1.165) is 10.9 Å². The molecule has 0 N–H and O–H groups in total. The first-order chi connectivity index (χ1) is 9.69. The van der Waals surface area contributed by atoms with Gasteiger partial charge in [-0.2, -0.15) is 0 Å². The van der Waals surface area contributed by atoms with Crippen molar-refractivity contribution in [2.45, 2.75) is 12.3 Å².